The molecule has 0 heterocycles. The van der Waals surface area contributed by atoms with E-state index in [0.29, 0.717) is 0 Å². The lowest BCUT2D eigenvalue weighted by Crippen LogP contribution is -2.62. The molecule has 0 radical (unpaired) electrons. The van der Waals surface area contributed by atoms with Crippen LogP contribution in [0.4, 0.5) is 5.69 Å². The summed E-state index contributed by atoms with van der Waals surface area (Å²) in [6, 6.07) is 2.48. The van der Waals surface area contributed by atoms with Crippen LogP contribution in [-0.2, 0) is 30.3 Å². The molecule has 0 fully saturated rings. The second-order valence-electron chi connectivity index (χ2n) is 5.81. The molecule has 1 aromatic rings. The van der Waals surface area contributed by atoms with Gasteiger partial charge < -0.3 is 24.3 Å². The number of carbonyl (C=O) groups is 3. The zero-order chi connectivity index (χ0) is 22.2. The Morgan fingerprint density at radius 2 is 1.62 bits per heavy atom. The Morgan fingerprint density at radius 1 is 1.07 bits per heavy atom. The van der Waals surface area contributed by atoms with E-state index in [-0.39, 0.29) is 30.3 Å². The highest BCUT2D eigenvalue weighted by molar-refractivity contribution is 6.08. The van der Waals surface area contributed by atoms with Crippen LogP contribution < -0.4 is 14.8 Å². The van der Waals surface area contributed by atoms with Crippen molar-refractivity contribution in [3.63, 3.8) is 0 Å². The second-order valence-corrected chi connectivity index (χ2v) is 5.81. The Bertz CT molecular complexity index is 774. The molecule has 11 nitrogen and oxygen atoms in total. The van der Waals surface area contributed by atoms with Crippen LogP contribution in [0.3, 0.4) is 0 Å². The van der Waals surface area contributed by atoms with E-state index in [9.17, 15) is 24.5 Å². The number of ether oxygens (including phenoxy) is 4. The van der Waals surface area contributed by atoms with Gasteiger partial charge in [-0.2, -0.15) is 0 Å². The molecule has 0 unspecified atom stereocenters. The van der Waals surface area contributed by atoms with Gasteiger partial charge in [0.1, 0.15) is 0 Å². The van der Waals surface area contributed by atoms with Crippen LogP contribution in [0, 0.1) is 10.1 Å². The molecule has 0 aliphatic carbocycles. The van der Waals surface area contributed by atoms with Crippen molar-refractivity contribution < 1.29 is 38.3 Å². The highest BCUT2D eigenvalue weighted by Gasteiger charge is 2.50. The summed E-state index contributed by atoms with van der Waals surface area (Å²) in [4.78, 5) is 47.9. The average molecular weight is 412 g/mol. The molecule has 11 heteroatoms. The number of carbonyl (C=O) groups excluding carboxylic acids is 3. The highest BCUT2D eigenvalue weighted by Crippen LogP contribution is 2.39. The van der Waals surface area contributed by atoms with Crippen LogP contribution in [0.15, 0.2) is 12.1 Å². The van der Waals surface area contributed by atoms with Crippen molar-refractivity contribution in [3.05, 3.63) is 27.8 Å². The van der Waals surface area contributed by atoms with Crippen LogP contribution in [0.1, 0.15) is 26.3 Å². The number of amides is 1. The number of nitrogens with one attached hydrogen (secondary N) is 1. The lowest BCUT2D eigenvalue weighted by atomic mass is 9.89. The first-order valence-electron chi connectivity index (χ1n) is 8.69. The molecule has 1 N–H and O–H groups in total. The first-order valence-corrected chi connectivity index (χ1v) is 8.69. The highest BCUT2D eigenvalue weighted by atomic mass is 16.6. The number of rotatable bonds is 10. The van der Waals surface area contributed by atoms with Gasteiger partial charge in [0.05, 0.1) is 32.4 Å². The van der Waals surface area contributed by atoms with Gasteiger partial charge in [-0.05, 0) is 25.5 Å². The van der Waals surface area contributed by atoms with E-state index < -0.39 is 40.4 Å². The summed E-state index contributed by atoms with van der Waals surface area (Å²) in [5.74, 6) is -2.90. The number of benzene rings is 1. The van der Waals surface area contributed by atoms with Gasteiger partial charge in [0.25, 0.3) is 0 Å². The van der Waals surface area contributed by atoms with E-state index in [1.807, 2.05) is 0 Å². The van der Waals surface area contributed by atoms with Gasteiger partial charge in [-0.1, -0.05) is 0 Å². The molecule has 29 heavy (non-hydrogen) atoms. The third kappa shape index (κ3) is 5.33. The molecule has 1 amide bonds. The van der Waals surface area contributed by atoms with Gasteiger partial charge >= 0.3 is 17.6 Å². The number of hydrogen-bond donors (Lipinski definition) is 1. The fourth-order valence-electron chi connectivity index (χ4n) is 2.73. The fourth-order valence-corrected chi connectivity index (χ4v) is 2.73. The predicted molar refractivity (Wildman–Crippen MR) is 99.7 cm³/mol. The zero-order valence-corrected chi connectivity index (χ0v) is 16.9. The minimum Gasteiger partial charge on any atom is -0.493 e. The molecule has 1 rings (SSSR count). The Kier molecular flexibility index (Phi) is 8.37. The van der Waals surface area contributed by atoms with Gasteiger partial charge in [0, 0.05) is 19.4 Å². The molecule has 0 saturated carbocycles. The van der Waals surface area contributed by atoms with E-state index in [0.717, 1.165) is 13.0 Å². The maximum Gasteiger partial charge on any atom is 0.344 e. The van der Waals surface area contributed by atoms with Crippen molar-refractivity contribution in [2.75, 3.05) is 27.4 Å². The van der Waals surface area contributed by atoms with Crippen molar-refractivity contribution in [2.24, 2.45) is 0 Å². The van der Waals surface area contributed by atoms with Crippen LogP contribution in [-0.4, -0.2) is 55.7 Å². The largest absolute Gasteiger partial charge is 0.493 e. The van der Waals surface area contributed by atoms with Crippen molar-refractivity contribution in [1.29, 1.82) is 0 Å². The molecule has 0 aliphatic heterocycles. The number of hydrogen-bond acceptors (Lipinski definition) is 9. The summed E-state index contributed by atoms with van der Waals surface area (Å²) < 4.78 is 20.1. The molecule has 0 atom stereocenters. The first-order chi connectivity index (χ1) is 13.7. The summed E-state index contributed by atoms with van der Waals surface area (Å²) in [6.45, 7) is 4.05. The van der Waals surface area contributed by atoms with Gasteiger partial charge in [0.15, 0.2) is 5.75 Å². The smallest absolute Gasteiger partial charge is 0.344 e. The molecule has 0 spiro atoms. The van der Waals surface area contributed by atoms with Crippen LogP contribution in [0.25, 0.3) is 0 Å². The first kappa shape index (κ1) is 23.7. The van der Waals surface area contributed by atoms with Crippen molar-refractivity contribution >= 4 is 23.5 Å². The van der Waals surface area contributed by atoms with E-state index in [1.54, 1.807) is 0 Å². The number of esters is 2. The van der Waals surface area contributed by atoms with Crippen LogP contribution in [0.2, 0.25) is 0 Å². The maximum absolute atomic E-state index is 12.7. The summed E-state index contributed by atoms with van der Waals surface area (Å²) >= 11 is 0. The topological polar surface area (TPSA) is 143 Å². The van der Waals surface area contributed by atoms with Gasteiger partial charge in [-0.3, -0.25) is 14.9 Å². The fraction of sp³-hybridized carbons (Fsp3) is 0.500. The van der Waals surface area contributed by atoms with E-state index >= 15 is 0 Å². The standard InChI is InChI=1S/C18H24N2O9/c1-6-28-16(22)18(19-11(3)21,17(23)29-7-2)10-12-8-13(20(24)25)15(27-5)14(9-12)26-4/h8-9H,6-7,10H2,1-5H3,(H,19,21). The monoisotopic (exact) mass is 412 g/mol. The molecule has 160 valence electrons. The Labute approximate surface area is 167 Å². The molecule has 1 aromatic carbocycles. The SMILES string of the molecule is CCOC(=O)C(Cc1cc(OC)c(OC)c([N+](=O)[O-])c1)(NC(C)=O)C(=O)OCC. The normalized spacial score (nSPS) is 10.7. The number of methoxy groups -OCH3 is 2. The Hall–Kier alpha value is -3.37. The molecule has 0 aliphatic rings. The second kappa shape index (κ2) is 10.2. The third-order valence-electron chi connectivity index (χ3n) is 3.82. The summed E-state index contributed by atoms with van der Waals surface area (Å²) in [5, 5.41) is 13.7. The average Bonchev–Trinajstić information content (AvgIpc) is 2.66. The van der Waals surface area contributed by atoms with Gasteiger partial charge in [-0.15, -0.1) is 0 Å². The van der Waals surface area contributed by atoms with E-state index in [1.165, 1.54) is 34.1 Å². The maximum atomic E-state index is 12.7. The van der Waals surface area contributed by atoms with Gasteiger partial charge in [-0.25, -0.2) is 9.59 Å². The van der Waals surface area contributed by atoms with Crippen molar-refractivity contribution in [1.82, 2.24) is 5.32 Å². The lowest BCUT2D eigenvalue weighted by Gasteiger charge is -2.29. The number of nitro groups is 1. The lowest BCUT2D eigenvalue weighted by molar-refractivity contribution is -0.385. The molecular formula is C18H24N2O9. The van der Waals surface area contributed by atoms with Crippen LogP contribution >= 0.6 is 0 Å². The summed E-state index contributed by atoms with van der Waals surface area (Å²) in [5.41, 5.74) is -2.53. The molecule has 0 saturated heterocycles. The minimum atomic E-state index is -2.23. The summed E-state index contributed by atoms with van der Waals surface area (Å²) in [6.07, 6.45) is -0.467. The van der Waals surface area contributed by atoms with E-state index in [2.05, 4.69) is 5.32 Å². The van der Waals surface area contributed by atoms with Crippen LogP contribution in [0.5, 0.6) is 11.5 Å². The minimum absolute atomic E-state index is 0.0149. The molecular weight excluding hydrogens is 388 g/mol. The number of nitro benzene ring substituents is 1. The summed E-state index contributed by atoms with van der Waals surface area (Å²) in [7, 11) is 2.52. The molecule has 0 bridgehead atoms. The van der Waals surface area contributed by atoms with Crippen molar-refractivity contribution in [3.8, 4) is 11.5 Å². The van der Waals surface area contributed by atoms with Gasteiger partial charge in [0.2, 0.25) is 17.2 Å². The zero-order valence-electron chi connectivity index (χ0n) is 16.9. The Morgan fingerprint density at radius 3 is 2.00 bits per heavy atom. The third-order valence-corrected chi connectivity index (χ3v) is 3.82. The quantitative estimate of drug-likeness (QED) is 0.259. The number of nitrogens with zero attached hydrogens (tertiary/aromatic N) is 1. The predicted octanol–water partition coefficient (Wildman–Crippen LogP) is 1.16. The Balaban J connectivity index is 3.65. The van der Waals surface area contributed by atoms with Crippen molar-refractivity contribution in [2.45, 2.75) is 32.7 Å². The molecule has 0 aromatic heterocycles. The van der Waals surface area contributed by atoms with E-state index in [4.69, 9.17) is 18.9 Å².